The predicted octanol–water partition coefficient (Wildman–Crippen LogP) is 6.07. The fourth-order valence-electron chi connectivity index (χ4n) is 6.56. The van der Waals surface area contributed by atoms with Gasteiger partial charge in [-0.1, -0.05) is 6.42 Å². The molecular formula is C32H46F3N7O2. The molecule has 2 heterocycles. The zero-order chi connectivity index (χ0) is 32.6. The molecule has 2 atom stereocenters. The number of nitrogens with one attached hydrogen (secondary N) is 3. The third-order valence-electron chi connectivity index (χ3n) is 9.24. The van der Waals surface area contributed by atoms with Crippen molar-refractivity contribution >= 4 is 29.3 Å². The van der Waals surface area contributed by atoms with Gasteiger partial charge in [-0.15, -0.1) is 0 Å². The van der Waals surface area contributed by atoms with Crippen molar-refractivity contribution in [2.45, 2.75) is 109 Å². The number of hydrogen-bond donors (Lipinski definition) is 3. The molecule has 0 spiro atoms. The van der Waals surface area contributed by atoms with Crippen LogP contribution in [0.4, 0.5) is 30.6 Å². The molecule has 2 aromatic rings. The van der Waals surface area contributed by atoms with Crippen LogP contribution in [0.15, 0.2) is 30.5 Å². The summed E-state index contributed by atoms with van der Waals surface area (Å²) in [4.78, 5) is 38.4. The largest absolute Gasteiger partial charge is 0.421 e. The average molecular weight is 618 g/mol. The first-order valence-corrected chi connectivity index (χ1v) is 15.3. The van der Waals surface area contributed by atoms with Gasteiger partial charge in [0.2, 0.25) is 11.9 Å². The molecule has 1 aliphatic carbocycles. The topological polar surface area (TPSA) is 102 Å². The van der Waals surface area contributed by atoms with Gasteiger partial charge >= 0.3 is 6.18 Å². The molecule has 1 saturated heterocycles. The van der Waals surface area contributed by atoms with E-state index in [2.05, 4.69) is 65.6 Å². The molecule has 0 radical (unpaired) electrons. The van der Waals surface area contributed by atoms with Crippen LogP contribution in [0.1, 0.15) is 89.6 Å². The number of piperidine rings is 1. The summed E-state index contributed by atoms with van der Waals surface area (Å²) in [7, 11) is 3.96. The zero-order valence-electron chi connectivity index (χ0n) is 27.0. The van der Waals surface area contributed by atoms with Crippen LogP contribution in [-0.4, -0.2) is 74.9 Å². The Bertz CT molecular complexity index is 1330. The van der Waals surface area contributed by atoms with Crippen LogP contribution in [0.3, 0.4) is 0 Å². The van der Waals surface area contributed by atoms with Crippen molar-refractivity contribution in [1.82, 2.24) is 25.1 Å². The van der Waals surface area contributed by atoms with Crippen LogP contribution in [0, 0.1) is 5.92 Å². The van der Waals surface area contributed by atoms with E-state index in [1.807, 2.05) is 25.8 Å². The molecule has 242 valence electrons. The molecule has 12 heteroatoms. The van der Waals surface area contributed by atoms with Gasteiger partial charge in [0.05, 0.1) is 5.92 Å². The minimum atomic E-state index is -4.68. The summed E-state index contributed by atoms with van der Waals surface area (Å²) in [6.45, 7) is 12.5. The van der Waals surface area contributed by atoms with Crippen LogP contribution >= 0.6 is 0 Å². The number of carbonyl (C=O) groups excluding carboxylic acids is 2. The highest BCUT2D eigenvalue weighted by Crippen LogP contribution is 2.39. The van der Waals surface area contributed by atoms with Gasteiger partial charge in [0, 0.05) is 53.7 Å². The van der Waals surface area contributed by atoms with E-state index in [4.69, 9.17) is 0 Å². The Morgan fingerprint density at radius 2 is 1.66 bits per heavy atom. The summed E-state index contributed by atoms with van der Waals surface area (Å²) in [6, 6.07) is 6.25. The van der Waals surface area contributed by atoms with Crippen LogP contribution in [0.5, 0.6) is 0 Å². The van der Waals surface area contributed by atoms with Gasteiger partial charge in [0.1, 0.15) is 11.4 Å². The van der Waals surface area contributed by atoms with E-state index in [9.17, 15) is 22.8 Å². The number of likely N-dealkylation sites (tertiary alicyclic amines) is 1. The normalized spacial score (nSPS) is 22.1. The highest BCUT2D eigenvalue weighted by Gasteiger charge is 2.45. The second-order valence-electron chi connectivity index (χ2n) is 13.8. The standard InChI is InChI=1S/C32H46F3N7O2/c1-19(2)37-27(43)23-10-9-11-25(23)39-26-24(32(33,34)35)18-36-29(40-26)38-21-14-12-20(13-15-21)28(44)41(7)22-16-30(3,4)42(8)31(5,6)17-22/h12-15,18-19,22-23,25H,9-11,16-17H2,1-8H3,(H,37,43)(H2,36,38,39,40). The maximum Gasteiger partial charge on any atom is 0.421 e. The number of benzene rings is 1. The fraction of sp³-hybridized carbons (Fsp3) is 0.625. The van der Waals surface area contributed by atoms with Gasteiger partial charge in [-0.3, -0.25) is 14.5 Å². The number of aromatic nitrogens is 2. The molecule has 2 aliphatic rings. The molecule has 3 N–H and O–H groups in total. The second kappa shape index (κ2) is 12.5. The van der Waals surface area contributed by atoms with E-state index in [1.54, 1.807) is 24.3 Å². The van der Waals surface area contributed by atoms with Crippen molar-refractivity contribution in [1.29, 1.82) is 0 Å². The highest BCUT2D eigenvalue weighted by atomic mass is 19.4. The third-order valence-corrected chi connectivity index (χ3v) is 9.24. The first-order chi connectivity index (χ1) is 20.4. The summed E-state index contributed by atoms with van der Waals surface area (Å²) >= 11 is 0. The Morgan fingerprint density at radius 3 is 2.23 bits per heavy atom. The lowest BCUT2D eigenvalue weighted by atomic mass is 9.77. The van der Waals surface area contributed by atoms with Crippen LogP contribution in [0.2, 0.25) is 0 Å². The van der Waals surface area contributed by atoms with Crippen molar-refractivity contribution in [2.24, 2.45) is 5.92 Å². The molecular weight excluding hydrogens is 571 g/mol. The second-order valence-corrected chi connectivity index (χ2v) is 13.8. The highest BCUT2D eigenvalue weighted by molar-refractivity contribution is 5.94. The summed E-state index contributed by atoms with van der Waals surface area (Å²) in [5.74, 6) is -1.14. The van der Waals surface area contributed by atoms with E-state index >= 15 is 0 Å². The van der Waals surface area contributed by atoms with E-state index in [0.717, 1.165) is 25.5 Å². The maximum absolute atomic E-state index is 13.9. The quantitative estimate of drug-likeness (QED) is 0.331. The number of rotatable bonds is 8. The number of halogens is 3. The van der Waals surface area contributed by atoms with Crippen molar-refractivity contribution in [3.05, 3.63) is 41.6 Å². The average Bonchev–Trinajstić information content (AvgIpc) is 3.38. The molecule has 1 saturated carbocycles. The Morgan fingerprint density at radius 1 is 1.05 bits per heavy atom. The minimum absolute atomic E-state index is 0.0336. The SMILES string of the molecule is CC(C)NC(=O)C1CCCC1Nc1nc(Nc2ccc(C(=O)N(C)C3CC(C)(C)N(C)C(C)(C)C3)cc2)ncc1C(F)(F)F. The van der Waals surface area contributed by atoms with E-state index in [1.165, 1.54) is 0 Å². The summed E-state index contributed by atoms with van der Waals surface area (Å²) in [5.41, 5.74) is -0.101. The molecule has 2 unspecified atom stereocenters. The van der Waals surface area contributed by atoms with Gasteiger partial charge < -0.3 is 20.9 Å². The predicted molar refractivity (Wildman–Crippen MR) is 166 cm³/mol. The molecule has 9 nitrogen and oxygen atoms in total. The molecule has 2 fully saturated rings. The number of hydrogen-bond acceptors (Lipinski definition) is 7. The summed E-state index contributed by atoms with van der Waals surface area (Å²) in [6.07, 6.45) is -0.382. The van der Waals surface area contributed by atoms with Crippen molar-refractivity contribution < 1.29 is 22.8 Å². The molecule has 1 aromatic carbocycles. The number of amides is 2. The smallest absolute Gasteiger partial charge is 0.366 e. The summed E-state index contributed by atoms with van der Waals surface area (Å²) in [5, 5.41) is 8.72. The molecule has 1 aromatic heterocycles. The Hall–Kier alpha value is -3.41. The molecule has 2 amide bonds. The number of anilines is 3. The van der Waals surface area contributed by atoms with Gasteiger partial charge in [-0.05, 0) is 98.5 Å². The fourth-order valence-corrected chi connectivity index (χ4v) is 6.56. The van der Waals surface area contributed by atoms with E-state index in [-0.39, 0.29) is 46.7 Å². The van der Waals surface area contributed by atoms with Gasteiger partial charge in [0.15, 0.2) is 0 Å². The first-order valence-electron chi connectivity index (χ1n) is 15.3. The van der Waals surface area contributed by atoms with Crippen LogP contribution in [0.25, 0.3) is 0 Å². The van der Waals surface area contributed by atoms with E-state index in [0.29, 0.717) is 24.1 Å². The van der Waals surface area contributed by atoms with Gasteiger partial charge in [-0.2, -0.15) is 18.2 Å². The van der Waals surface area contributed by atoms with Crippen LogP contribution < -0.4 is 16.0 Å². The molecule has 1 aliphatic heterocycles. The molecule has 0 bridgehead atoms. The van der Waals surface area contributed by atoms with E-state index < -0.39 is 23.7 Å². The maximum atomic E-state index is 13.9. The molecule has 4 rings (SSSR count). The Balaban J connectivity index is 1.49. The number of carbonyl (C=O) groups is 2. The monoisotopic (exact) mass is 617 g/mol. The Kier molecular flexibility index (Phi) is 9.54. The number of alkyl halides is 3. The lowest BCUT2D eigenvalue weighted by molar-refractivity contribution is -0.137. The van der Waals surface area contributed by atoms with Gasteiger partial charge in [0.25, 0.3) is 5.91 Å². The lowest BCUT2D eigenvalue weighted by Crippen LogP contribution is -2.62. The minimum Gasteiger partial charge on any atom is -0.366 e. The summed E-state index contributed by atoms with van der Waals surface area (Å²) < 4.78 is 41.6. The zero-order valence-corrected chi connectivity index (χ0v) is 27.0. The lowest BCUT2D eigenvalue weighted by Gasteiger charge is -2.55. The van der Waals surface area contributed by atoms with Crippen molar-refractivity contribution in [2.75, 3.05) is 24.7 Å². The number of nitrogens with zero attached hydrogens (tertiary/aromatic N) is 4. The first kappa shape index (κ1) is 33.5. The molecule has 44 heavy (non-hydrogen) atoms. The third kappa shape index (κ3) is 7.44. The van der Waals surface area contributed by atoms with Crippen LogP contribution in [-0.2, 0) is 11.0 Å². The van der Waals surface area contributed by atoms with Gasteiger partial charge in [-0.25, -0.2) is 4.98 Å². The van der Waals surface area contributed by atoms with Crippen molar-refractivity contribution in [3.8, 4) is 0 Å². The Labute approximate surface area is 258 Å². The van der Waals surface area contributed by atoms with Crippen molar-refractivity contribution in [3.63, 3.8) is 0 Å².